The Morgan fingerprint density at radius 1 is 1.14 bits per heavy atom. The molecule has 2 aromatic carbocycles. The van der Waals surface area contributed by atoms with Crippen molar-refractivity contribution in [1.29, 1.82) is 0 Å². The zero-order valence-corrected chi connectivity index (χ0v) is 15.2. The third-order valence-electron chi connectivity index (χ3n) is 4.29. The molecule has 0 unspecified atom stereocenters. The van der Waals surface area contributed by atoms with Crippen LogP contribution in [0.3, 0.4) is 0 Å². The van der Waals surface area contributed by atoms with Crippen LogP contribution in [0.1, 0.15) is 28.4 Å². The number of hydrogen-bond acceptors (Lipinski definition) is 7. The predicted molar refractivity (Wildman–Crippen MR) is 101 cm³/mol. The molecule has 0 atom stereocenters. The van der Waals surface area contributed by atoms with Crippen molar-refractivity contribution in [3.63, 3.8) is 0 Å². The number of carbonyl (C=O) groups is 2. The molecule has 0 fully saturated rings. The molecular weight excluding hydrogens is 364 g/mol. The van der Waals surface area contributed by atoms with Crippen LogP contribution in [0, 0.1) is 0 Å². The molecule has 0 saturated heterocycles. The van der Waals surface area contributed by atoms with Gasteiger partial charge in [0.25, 0.3) is 0 Å². The number of carbonyl (C=O) groups excluding carboxylic acids is 2. The molecule has 2 aromatic rings. The molecule has 7 heteroatoms. The first-order chi connectivity index (χ1) is 13.3. The normalized spacial score (nSPS) is 13.9. The zero-order chi connectivity index (χ0) is 20.4. The highest BCUT2D eigenvalue weighted by Gasteiger charge is 2.27. The van der Waals surface area contributed by atoms with E-state index in [1.807, 2.05) is 0 Å². The fraction of sp³-hybridized carbons (Fsp3) is 0.143. The van der Waals surface area contributed by atoms with Crippen molar-refractivity contribution in [1.82, 2.24) is 0 Å². The third-order valence-corrected chi connectivity index (χ3v) is 4.29. The van der Waals surface area contributed by atoms with Gasteiger partial charge in [0.05, 0.1) is 18.2 Å². The van der Waals surface area contributed by atoms with E-state index in [9.17, 15) is 24.9 Å². The number of cyclic esters (lactones) is 1. The summed E-state index contributed by atoms with van der Waals surface area (Å²) in [5.74, 6) is -1.57. The minimum absolute atomic E-state index is 0.0185. The van der Waals surface area contributed by atoms with Gasteiger partial charge < -0.3 is 24.8 Å². The maximum atomic E-state index is 12.3. The van der Waals surface area contributed by atoms with Gasteiger partial charge in [0.1, 0.15) is 18.1 Å². The molecule has 1 aliphatic rings. The molecule has 0 amide bonds. The van der Waals surface area contributed by atoms with Gasteiger partial charge in [-0.15, -0.1) is 0 Å². The summed E-state index contributed by atoms with van der Waals surface area (Å²) in [5.41, 5.74) is 1.84. The summed E-state index contributed by atoms with van der Waals surface area (Å²) < 4.78 is 10.2. The van der Waals surface area contributed by atoms with Crippen LogP contribution in [0.2, 0.25) is 0 Å². The number of hydrogen-bond donors (Lipinski definition) is 3. The van der Waals surface area contributed by atoms with Gasteiger partial charge in [-0.2, -0.15) is 0 Å². The molecular formula is C21H18O7. The Hall–Kier alpha value is -3.74. The molecule has 0 saturated carbocycles. The van der Waals surface area contributed by atoms with Gasteiger partial charge in [-0.1, -0.05) is 6.08 Å². The van der Waals surface area contributed by atoms with E-state index in [0.29, 0.717) is 22.3 Å². The number of ether oxygens (including phenoxy) is 2. The summed E-state index contributed by atoms with van der Waals surface area (Å²) in [6.45, 7) is 1.91. The molecule has 0 radical (unpaired) electrons. The topological polar surface area (TPSA) is 113 Å². The number of phenolic OH excluding ortho intramolecular Hbond substituents is 3. The summed E-state index contributed by atoms with van der Waals surface area (Å²) in [7, 11) is 1.38. The number of ketones is 1. The number of rotatable bonds is 5. The highest BCUT2D eigenvalue weighted by atomic mass is 16.5. The number of methoxy groups -OCH3 is 1. The summed E-state index contributed by atoms with van der Waals surface area (Å²) in [6.07, 6.45) is 2.65. The standard InChI is InChI=1S/C21H18O7/c1-11-10-28-21(26)19(11)15-7-12(8-18(25)20(15)27-2)3-6-16(23)14-5-4-13(22)9-17(14)24/h3-9,22,24-25H,10H2,1-2H3/b6-3+. The van der Waals surface area contributed by atoms with Gasteiger partial charge in [0.15, 0.2) is 17.3 Å². The lowest BCUT2D eigenvalue weighted by molar-refractivity contribution is -0.134. The second-order valence-electron chi connectivity index (χ2n) is 6.25. The van der Waals surface area contributed by atoms with Crippen molar-refractivity contribution in [2.24, 2.45) is 0 Å². The largest absolute Gasteiger partial charge is 0.508 e. The minimum atomic E-state index is -0.513. The fourth-order valence-electron chi connectivity index (χ4n) is 2.95. The molecule has 0 spiro atoms. The van der Waals surface area contributed by atoms with Crippen LogP contribution in [0.4, 0.5) is 0 Å². The predicted octanol–water partition coefficient (Wildman–Crippen LogP) is 3.04. The lowest BCUT2D eigenvalue weighted by Crippen LogP contribution is -2.02. The molecule has 7 nitrogen and oxygen atoms in total. The Kier molecular flexibility index (Phi) is 5.08. The molecule has 3 N–H and O–H groups in total. The van der Waals surface area contributed by atoms with Crippen molar-refractivity contribution in [3.05, 3.63) is 58.7 Å². The van der Waals surface area contributed by atoms with Gasteiger partial charge in [0.2, 0.25) is 0 Å². The number of aromatic hydroxyl groups is 3. The zero-order valence-electron chi connectivity index (χ0n) is 15.2. The average Bonchev–Trinajstić information content (AvgIpc) is 2.97. The first-order valence-corrected chi connectivity index (χ1v) is 8.34. The molecule has 144 valence electrons. The van der Waals surface area contributed by atoms with Crippen LogP contribution in [-0.4, -0.2) is 40.8 Å². The molecule has 28 heavy (non-hydrogen) atoms. The van der Waals surface area contributed by atoms with Crippen LogP contribution in [0.15, 0.2) is 42.0 Å². The Morgan fingerprint density at radius 3 is 2.50 bits per heavy atom. The lowest BCUT2D eigenvalue weighted by Gasteiger charge is -2.12. The Morgan fingerprint density at radius 2 is 1.89 bits per heavy atom. The number of esters is 1. The second-order valence-corrected chi connectivity index (χ2v) is 6.25. The van der Waals surface area contributed by atoms with Crippen molar-refractivity contribution in [2.75, 3.05) is 13.7 Å². The van der Waals surface area contributed by atoms with E-state index in [1.54, 1.807) is 13.0 Å². The summed E-state index contributed by atoms with van der Waals surface area (Å²) in [4.78, 5) is 24.4. The van der Waals surface area contributed by atoms with E-state index >= 15 is 0 Å². The quantitative estimate of drug-likeness (QED) is 0.414. The van der Waals surface area contributed by atoms with Crippen LogP contribution in [0.5, 0.6) is 23.0 Å². The average molecular weight is 382 g/mol. The lowest BCUT2D eigenvalue weighted by atomic mass is 9.98. The SMILES string of the molecule is COc1c(O)cc(/C=C/C(=O)c2ccc(O)cc2O)cc1C1=C(C)COC1=O. The second kappa shape index (κ2) is 7.48. The van der Waals surface area contributed by atoms with Gasteiger partial charge >= 0.3 is 5.97 Å². The van der Waals surface area contributed by atoms with Crippen molar-refractivity contribution < 1.29 is 34.4 Å². The van der Waals surface area contributed by atoms with E-state index < -0.39 is 11.8 Å². The van der Waals surface area contributed by atoms with E-state index in [1.165, 1.54) is 37.5 Å². The molecule has 1 heterocycles. The van der Waals surface area contributed by atoms with Crippen LogP contribution in [-0.2, 0) is 9.53 Å². The first-order valence-electron chi connectivity index (χ1n) is 8.34. The fourth-order valence-corrected chi connectivity index (χ4v) is 2.95. The summed E-state index contributed by atoms with van der Waals surface area (Å²) >= 11 is 0. The van der Waals surface area contributed by atoms with Crippen LogP contribution >= 0.6 is 0 Å². The summed E-state index contributed by atoms with van der Waals surface area (Å²) in [5, 5.41) is 29.4. The van der Waals surface area contributed by atoms with Crippen LogP contribution in [0.25, 0.3) is 11.6 Å². The van der Waals surface area contributed by atoms with Crippen LogP contribution < -0.4 is 4.74 Å². The van der Waals surface area contributed by atoms with Gasteiger partial charge in [0, 0.05) is 11.6 Å². The van der Waals surface area contributed by atoms with E-state index in [4.69, 9.17) is 9.47 Å². The maximum Gasteiger partial charge on any atom is 0.339 e. The monoisotopic (exact) mass is 382 g/mol. The Bertz CT molecular complexity index is 1030. The smallest absolute Gasteiger partial charge is 0.339 e. The first kappa shape index (κ1) is 19.0. The molecule has 1 aliphatic heterocycles. The molecule has 0 aliphatic carbocycles. The van der Waals surface area contributed by atoms with Crippen molar-refractivity contribution in [3.8, 4) is 23.0 Å². The minimum Gasteiger partial charge on any atom is -0.508 e. The van der Waals surface area contributed by atoms with E-state index in [0.717, 1.165) is 6.07 Å². The molecule has 0 bridgehead atoms. The molecule has 3 rings (SSSR count). The number of benzene rings is 2. The number of allylic oxidation sites excluding steroid dienone is 1. The van der Waals surface area contributed by atoms with Gasteiger partial charge in [-0.25, -0.2) is 4.79 Å². The maximum absolute atomic E-state index is 12.3. The Labute approximate surface area is 160 Å². The Balaban J connectivity index is 1.99. The van der Waals surface area contributed by atoms with Gasteiger partial charge in [-0.05, 0) is 48.4 Å². The highest BCUT2D eigenvalue weighted by Crippen LogP contribution is 2.39. The molecule has 0 aromatic heterocycles. The van der Waals surface area contributed by atoms with Gasteiger partial charge in [-0.3, -0.25) is 4.79 Å². The van der Waals surface area contributed by atoms with Crippen molar-refractivity contribution in [2.45, 2.75) is 6.92 Å². The van der Waals surface area contributed by atoms with Crippen molar-refractivity contribution >= 4 is 23.4 Å². The third kappa shape index (κ3) is 3.55. The van der Waals surface area contributed by atoms with E-state index in [2.05, 4.69) is 0 Å². The summed E-state index contributed by atoms with van der Waals surface area (Å²) in [6, 6.07) is 6.65. The number of phenols is 3. The van der Waals surface area contributed by atoms with E-state index in [-0.39, 0.29) is 35.2 Å². The highest BCUT2D eigenvalue weighted by molar-refractivity contribution is 6.20.